The van der Waals surface area contributed by atoms with Gasteiger partial charge in [0.05, 0.1) is 6.61 Å². The molecule has 0 heterocycles. The van der Waals surface area contributed by atoms with Crippen LogP contribution < -0.4 is 0 Å². The topological polar surface area (TPSA) is 108 Å². The highest BCUT2D eigenvalue weighted by Crippen LogP contribution is 2.42. The third-order valence-electron chi connectivity index (χ3n) is 11.8. The van der Waals surface area contributed by atoms with Crippen molar-refractivity contribution >= 4 is 19.8 Å². The molecule has 0 saturated heterocycles. The van der Waals surface area contributed by atoms with Gasteiger partial charge in [0.1, 0.15) is 6.61 Å². The minimum atomic E-state index is -4.26. The fraction of sp³-hybridized carbons (Fsp3) is 0.922. The highest BCUT2D eigenvalue weighted by Gasteiger charge is 2.24. The Morgan fingerprint density at radius 3 is 1.08 bits per heavy atom. The third kappa shape index (κ3) is 46.3. The molecule has 0 aliphatic carbocycles. The predicted molar refractivity (Wildman–Crippen MR) is 253 cm³/mol. The standard InChI is InChI=1S/C51H99O8P/c1-4-6-8-10-12-14-16-18-20-22-23-24-25-26-27-28-30-31-33-35-37-39-41-43-45-50(52)57-47-49(48-58-60(54,55)56-3)59-51(53)46-44-42-40-38-36-34-32-29-21-19-17-15-13-11-9-7-5-2/h19,21,49H,4-18,20,22-48H2,1-3H3,(H,54,55)/b21-19-. The zero-order valence-electron chi connectivity index (χ0n) is 39.9. The smallest absolute Gasteiger partial charge is 0.462 e. The maximum atomic E-state index is 12.6. The number of carbonyl (C=O) groups is 2. The van der Waals surface area contributed by atoms with Crippen LogP contribution in [0, 0.1) is 0 Å². The molecular formula is C51H99O8P. The molecule has 0 aromatic heterocycles. The summed E-state index contributed by atoms with van der Waals surface area (Å²) in [6.45, 7) is 3.93. The van der Waals surface area contributed by atoms with Crippen molar-refractivity contribution in [1.29, 1.82) is 0 Å². The molecule has 0 fully saturated rings. The molecule has 356 valence electrons. The molecule has 0 saturated carbocycles. The highest BCUT2D eigenvalue weighted by molar-refractivity contribution is 7.47. The van der Waals surface area contributed by atoms with Gasteiger partial charge in [-0.05, 0) is 38.5 Å². The molecule has 0 aliphatic rings. The lowest BCUT2D eigenvalue weighted by molar-refractivity contribution is -0.161. The Balaban J connectivity index is 3.83. The molecule has 0 aromatic rings. The van der Waals surface area contributed by atoms with Crippen LogP contribution in [-0.2, 0) is 32.7 Å². The number of carbonyl (C=O) groups excluding carboxylic acids is 2. The number of rotatable bonds is 49. The van der Waals surface area contributed by atoms with Crippen LogP contribution in [0.2, 0.25) is 0 Å². The molecule has 0 spiro atoms. The van der Waals surface area contributed by atoms with Gasteiger partial charge in [-0.15, -0.1) is 0 Å². The first-order valence-electron chi connectivity index (χ1n) is 25.9. The molecule has 0 bridgehead atoms. The summed E-state index contributed by atoms with van der Waals surface area (Å²) in [7, 11) is -3.19. The van der Waals surface area contributed by atoms with Crippen molar-refractivity contribution in [3.63, 3.8) is 0 Å². The van der Waals surface area contributed by atoms with E-state index in [0.717, 1.165) is 52.1 Å². The van der Waals surface area contributed by atoms with E-state index in [1.807, 2.05) is 0 Å². The number of hydrogen-bond donors (Lipinski definition) is 1. The van der Waals surface area contributed by atoms with E-state index in [-0.39, 0.29) is 19.0 Å². The van der Waals surface area contributed by atoms with Gasteiger partial charge < -0.3 is 14.4 Å². The fourth-order valence-electron chi connectivity index (χ4n) is 7.77. The second-order valence-corrected chi connectivity index (χ2v) is 19.2. The molecule has 2 unspecified atom stereocenters. The summed E-state index contributed by atoms with van der Waals surface area (Å²) in [5.41, 5.74) is 0. The minimum Gasteiger partial charge on any atom is -0.462 e. The van der Waals surface area contributed by atoms with Crippen LogP contribution in [0.25, 0.3) is 0 Å². The quantitative estimate of drug-likeness (QED) is 0.0279. The highest BCUT2D eigenvalue weighted by atomic mass is 31.2. The monoisotopic (exact) mass is 871 g/mol. The maximum absolute atomic E-state index is 12.6. The number of phosphoric ester groups is 1. The molecule has 0 aromatic carbocycles. The van der Waals surface area contributed by atoms with E-state index in [2.05, 4.69) is 30.5 Å². The molecule has 60 heavy (non-hydrogen) atoms. The maximum Gasteiger partial charge on any atom is 0.472 e. The van der Waals surface area contributed by atoms with Crippen LogP contribution in [0.15, 0.2) is 12.2 Å². The molecule has 0 rings (SSSR count). The largest absolute Gasteiger partial charge is 0.472 e. The van der Waals surface area contributed by atoms with Crippen LogP contribution in [-0.4, -0.2) is 43.3 Å². The van der Waals surface area contributed by atoms with Crippen LogP contribution in [0.4, 0.5) is 0 Å². The first-order valence-corrected chi connectivity index (χ1v) is 27.4. The second kappa shape index (κ2) is 47.3. The van der Waals surface area contributed by atoms with E-state index in [1.54, 1.807) is 0 Å². The lowest BCUT2D eigenvalue weighted by Crippen LogP contribution is -2.29. The molecule has 8 nitrogen and oxygen atoms in total. The van der Waals surface area contributed by atoms with Crippen LogP contribution in [0.1, 0.15) is 277 Å². The van der Waals surface area contributed by atoms with Gasteiger partial charge in [-0.25, -0.2) is 4.57 Å². The number of esters is 2. The Morgan fingerprint density at radius 2 is 0.750 bits per heavy atom. The summed E-state index contributed by atoms with van der Waals surface area (Å²) in [5, 5.41) is 0. The average Bonchev–Trinajstić information content (AvgIpc) is 3.24. The Labute approximate surface area is 371 Å². The fourth-order valence-corrected chi connectivity index (χ4v) is 8.23. The van der Waals surface area contributed by atoms with Crippen LogP contribution >= 0.6 is 7.82 Å². The van der Waals surface area contributed by atoms with E-state index >= 15 is 0 Å². The lowest BCUT2D eigenvalue weighted by Gasteiger charge is -2.19. The van der Waals surface area contributed by atoms with E-state index in [4.69, 9.17) is 14.0 Å². The molecule has 2 atom stereocenters. The third-order valence-corrected chi connectivity index (χ3v) is 12.7. The number of hydrogen-bond acceptors (Lipinski definition) is 7. The van der Waals surface area contributed by atoms with Gasteiger partial charge >= 0.3 is 19.8 Å². The summed E-state index contributed by atoms with van der Waals surface area (Å²) >= 11 is 0. The summed E-state index contributed by atoms with van der Waals surface area (Å²) in [4.78, 5) is 34.6. The molecule has 1 N–H and O–H groups in total. The SMILES string of the molecule is CCCCCCCC/C=C\CCCCCCCCCC(=O)OC(COC(=O)CCCCCCCCCCCCCCCCCCCCCCCCCC)COP(=O)(O)OC. The Morgan fingerprint density at radius 1 is 0.450 bits per heavy atom. The molecule has 9 heteroatoms. The van der Waals surface area contributed by atoms with E-state index in [0.29, 0.717) is 12.8 Å². The first-order chi connectivity index (χ1) is 29.3. The Kier molecular flexibility index (Phi) is 46.3. The zero-order chi connectivity index (χ0) is 43.9. The molecule has 0 aliphatic heterocycles. The van der Waals surface area contributed by atoms with Crippen molar-refractivity contribution in [2.24, 2.45) is 0 Å². The van der Waals surface area contributed by atoms with Crippen LogP contribution in [0.5, 0.6) is 0 Å². The number of phosphoric acid groups is 1. The van der Waals surface area contributed by atoms with Gasteiger partial charge in [0, 0.05) is 20.0 Å². The van der Waals surface area contributed by atoms with Crippen molar-refractivity contribution in [2.45, 2.75) is 283 Å². The predicted octanol–water partition coefficient (Wildman–Crippen LogP) is 16.8. The van der Waals surface area contributed by atoms with Crippen molar-refractivity contribution < 1.29 is 37.6 Å². The summed E-state index contributed by atoms with van der Waals surface area (Å²) in [6, 6.07) is 0. The van der Waals surface area contributed by atoms with Crippen molar-refractivity contribution in [3.8, 4) is 0 Å². The number of unbranched alkanes of at least 4 members (excludes halogenated alkanes) is 36. The Bertz CT molecular complexity index is 988. The van der Waals surface area contributed by atoms with Gasteiger partial charge in [0.2, 0.25) is 0 Å². The van der Waals surface area contributed by atoms with Crippen molar-refractivity contribution in [2.75, 3.05) is 20.3 Å². The van der Waals surface area contributed by atoms with Gasteiger partial charge in [-0.2, -0.15) is 0 Å². The molecule has 0 radical (unpaired) electrons. The number of allylic oxidation sites excluding steroid dienone is 2. The molecule has 0 amide bonds. The normalized spacial score (nSPS) is 13.2. The van der Waals surface area contributed by atoms with Crippen molar-refractivity contribution in [1.82, 2.24) is 0 Å². The minimum absolute atomic E-state index is 0.220. The second-order valence-electron chi connectivity index (χ2n) is 17.7. The van der Waals surface area contributed by atoms with E-state index < -0.39 is 26.5 Å². The Hall–Kier alpha value is -1.21. The summed E-state index contributed by atoms with van der Waals surface area (Å²) < 4.78 is 32.1. The first kappa shape index (κ1) is 58.8. The number of ether oxygens (including phenoxy) is 2. The van der Waals surface area contributed by atoms with Gasteiger partial charge in [0.15, 0.2) is 6.10 Å². The van der Waals surface area contributed by atoms with Gasteiger partial charge in [-0.3, -0.25) is 18.6 Å². The van der Waals surface area contributed by atoms with Gasteiger partial charge in [-0.1, -0.05) is 238 Å². The van der Waals surface area contributed by atoms with E-state index in [9.17, 15) is 19.0 Å². The summed E-state index contributed by atoms with van der Waals surface area (Å²) in [5.74, 6) is -0.791. The van der Waals surface area contributed by atoms with Crippen LogP contribution in [0.3, 0.4) is 0 Å². The summed E-state index contributed by atoms with van der Waals surface area (Å²) in [6.07, 6.45) is 54.3. The average molecular weight is 871 g/mol. The van der Waals surface area contributed by atoms with Crippen molar-refractivity contribution in [3.05, 3.63) is 12.2 Å². The van der Waals surface area contributed by atoms with Gasteiger partial charge in [0.25, 0.3) is 0 Å². The lowest BCUT2D eigenvalue weighted by atomic mass is 10.0. The zero-order valence-corrected chi connectivity index (χ0v) is 40.8. The van der Waals surface area contributed by atoms with E-state index in [1.165, 1.54) is 199 Å². The molecular weight excluding hydrogens is 772 g/mol.